The summed E-state index contributed by atoms with van der Waals surface area (Å²) in [6.07, 6.45) is 1.28. The van der Waals surface area contributed by atoms with Gasteiger partial charge in [0.25, 0.3) is 11.8 Å². The highest BCUT2D eigenvalue weighted by Crippen LogP contribution is 2.27. The Hall–Kier alpha value is -3.88. The molecule has 0 aliphatic heterocycles. The van der Waals surface area contributed by atoms with E-state index < -0.39 is 40.8 Å². The van der Waals surface area contributed by atoms with Gasteiger partial charge in [0.1, 0.15) is 23.4 Å². The summed E-state index contributed by atoms with van der Waals surface area (Å²) < 4.78 is 29.7. The average molecular weight is 412 g/mol. The zero-order valence-corrected chi connectivity index (χ0v) is 15.9. The molecule has 0 fully saturated rings. The third-order valence-electron chi connectivity index (χ3n) is 4.42. The summed E-state index contributed by atoms with van der Waals surface area (Å²) in [7, 11) is 1.48. The number of Topliss-reactive ketones (excluding diaryl/α,β-unsaturated/α-hetero) is 1. The molecule has 1 aromatic heterocycles. The monoisotopic (exact) mass is 412 g/mol. The maximum atomic E-state index is 14.2. The number of aryl methyl sites for hydroxylation is 1. The van der Waals surface area contributed by atoms with Crippen molar-refractivity contribution < 1.29 is 23.2 Å². The number of carbonyl (C=O) groups excluding carboxylic acids is 3. The predicted molar refractivity (Wildman–Crippen MR) is 104 cm³/mol. The van der Waals surface area contributed by atoms with E-state index in [4.69, 9.17) is 5.73 Å². The first-order valence-electron chi connectivity index (χ1n) is 8.94. The molecular formula is C21H18F2N4O3. The molecule has 30 heavy (non-hydrogen) atoms. The lowest BCUT2D eigenvalue weighted by Gasteiger charge is -2.16. The van der Waals surface area contributed by atoms with Gasteiger partial charge in [0, 0.05) is 19.7 Å². The van der Waals surface area contributed by atoms with E-state index in [1.54, 1.807) is 30.3 Å². The Kier molecular flexibility index (Phi) is 6.01. The van der Waals surface area contributed by atoms with Gasteiger partial charge in [-0.25, -0.2) is 8.78 Å². The standard InChI is InChI=1S/C21H18F2N4O3/c1-27-11-13(18(26-27)17-14(22)8-5-9-15(17)23)21(30)25-16(19(28)20(24)29)10-12-6-3-2-4-7-12/h2-9,11,16H,10H2,1H3,(H2,24,29)(H,25,30). The molecule has 1 heterocycles. The average Bonchev–Trinajstić information content (AvgIpc) is 3.09. The van der Waals surface area contributed by atoms with Crippen LogP contribution in [-0.4, -0.2) is 33.4 Å². The highest BCUT2D eigenvalue weighted by Gasteiger charge is 2.29. The number of hydrogen-bond donors (Lipinski definition) is 2. The minimum atomic E-state index is -1.25. The summed E-state index contributed by atoms with van der Waals surface area (Å²) in [5.41, 5.74) is 4.95. The number of nitrogens with two attached hydrogens (primary N) is 1. The van der Waals surface area contributed by atoms with Crippen LogP contribution in [0.5, 0.6) is 0 Å². The van der Waals surface area contributed by atoms with Gasteiger partial charge >= 0.3 is 0 Å². The lowest BCUT2D eigenvalue weighted by molar-refractivity contribution is -0.137. The summed E-state index contributed by atoms with van der Waals surface area (Å²) >= 11 is 0. The third-order valence-corrected chi connectivity index (χ3v) is 4.42. The van der Waals surface area contributed by atoms with Crippen LogP contribution in [0.1, 0.15) is 15.9 Å². The van der Waals surface area contributed by atoms with Crippen molar-refractivity contribution in [2.75, 3.05) is 0 Å². The summed E-state index contributed by atoms with van der Waals surface area (Å²) in [5, 5.41) is 6.43. The van der Waals surface area contributed by atoms with Gasteiger partial charge in [-0.15, -0.1) is 0 Å². The summed E-state index contributed by atoms with van der Waals surface area (Å²) in [5.74, 6) is -4.80. The second-order valence-corrected chi connectivity index (χ2v) is 6.61. The van der Waals surface area contributed by atoms with E-state index in [2.05, 4.69) is 10.4 Å². The number of benzene rings is 2. The Balaban J connectivity index is 1.95. The van der Waals surface area contributed by atoms with E-state index in [0.29, 0.717) is 5.56 Å². The molecule has 0 saturated heterocycles. The Morgan fingerprint density at radius 3 is 2.30 bits per heavy atom. The summed E-state index contributed by atoms with van der Waals surface area (Å²) in [6, 6.07) is 10.7. The van der Waals surface area contributed by atoms with Crippen molar-refractivity contribution in [2.24, 2.45) is 12.8 Å². The second-order valence-electron chi connectivity index (χ2n) is 6.61. The number of nitrogens with zero attached hydrogens (tertiary/aromatic N) is 2. The quantitative estimate of drug-likeness (QED) is 0.577. The fraction of sp³-hybridized carbons (Fsp3) is 0.143. The molecule has 154 valence electrons. The molecule has 2 amide bonds. The van der Waals surface area contributed by atoms with Gasteiger partial charge in [0.05, 0.1) is 11.1 Å². The van der Waals surface area contributed by atoms with Crippen molar-refractivity contribution >= 4 is 17.6 Å². The number of primary amides is 1. The molecular weight excluding hydrogens is 394 g/mol. The Bertz CT molecular complexity index is 1090. The summed E-state index contributed by atoms with van der Waals surface area (Å²) in [4.78, 5) is 36.6. The number of rotatable bonds is 7. The van der Waals surface area contributed by atoms with Gasteiger partial charge in [-0.3, -0.25) is 19.1 Å². The fourth-order valence-corrected chi connectivity index (χ4v) is 3.03. The van der Waals surface area contributed by atoms with E-state index in [0.717, 1.165) is 12.1 Å². The second kappa shape index (κ2) is 8.64. The molecule has 1 unspecified atom stereocenters. The van der Waals surface area contributed by atoms with Crippen molar-refractivity contribution in [1.82, 2.24) is 15.1 Å². The van der Waals surface area contributed by atoms with Crippen LogP contribution in [0.4, 0.5) is 8.78 Å². The van der Waals surface area contributed by atoms with Crippen molar-refractivity contribution in [3.8, 4) is 11.3 Å². The van der Waals surface area contributed by atoms with E-state index in [-0.39, 0.29) is 17.7 Å². The lowest BCUT2D eigenvalue weighted by Crippen LogP contribution is -2.47. The Morgan fingerprint density at radius 2 is 1.70 bits per heavy atom. The molecule has 2 aromatic carbocycles. The normalized spacial score (nSPS) is 11.7. The third kappa shape index (κ3) is 4.40. The first-order chi connectivity index (χ1) is 14.3. The van der Waals surface area contributed by atoms with E-state index in [9.17, 15) is 23.2 Å². The SMILES string of the molecule is Cn1cc(C(=O)NC(Cc2ccccc2)C(=O)C(N)=O)c(-c2c(F)cccc2F)n1. The number of aromatic nitrogens is 2. The number of halogens is 2. The van der Waals surface area contributed by atoms with Crippen molar-refractivity contribution in [3.05, 3.63) is 77.5 Å². The zero-order chi connectivity index (χ0) is 21.8. The molecule has 0 spiro atoms. The maximum absolute atomic E-state index is 14.2. The van der Waals surface area contributed by atoms with Crippen LogP contribution in [0.3, 0.4) is 0 Å². The van der Waals surface area contributed by atoms with E-state index in [1.807, 2.05) is 0 Å². The minimum absolute atomic E-state index is 0.0119. The molecule has 9 heteroatoms. The van der Waals surface area contributed by atoms with Gasteiger partial charge in [0.15, 0.2) is 0 Å². The smallest absolute Gasteiger partial charge is 0.287 e. The molecule has 0 bridgehead atoms. The molecule has 0 aliphatic carbocycles. The fourth-order valence-electron chi connectivity index (χ4n) is 3.03. The van der Waals surface area contributed by atoms with Crippen LogP contribution in [-0.2, 0) is 23.1 Å². The van der Waals surface area contributed by atoms with Crippen LogP contribution < -0.4 is 11.1 Å². The summed E-state index contributed by atoms with van der Waals surface area (Å²) in [6.45, 7) is 0. The predicted octanol–water partition coefficient (Wildman–Crippen LogP) is 1.76. The Labute approximate surface area is 170 Å². The first kappa shape index (κ1) is 20.8. The largest absolute Gasteiger partial charge is 0.363 e. The highest BCUT2D eigenvalue weighted by atomic mass is 19.1. The number of hydrogen-bond acceptors (Lipinski definition) is 4. The van der Waals surface area contributed by atoms with Crippen LogP contribution in [0.2, 0.25) is 0 Å². The van der Waals surface area contributed by atoms with Gasteiger partial charge in [-0.05, 0) is 17.7 Å². The number of carbonyl (C=O) groups is 3. The topological polar surface area (TPSA) is 107 Å². The first-order valence-corrected chi connectivity index (χ1v) is 8.94. The number of ketones is 1. The number of nitrogens with one attached hydrogen (secondary N) is 1. The van der Waals surface area contributed by atoms with Crippen LogP contribution >= 0.6 is 0 Å². The number of amides is 2. The van der Waals surface area contributed by atoms with Gasteiger partial charge < -0.3 is 11.1 Å². The molecule has 1 atom stereocenters. The van der Waals surface area contributed by atoms with Crippen LogP contribution in [0, 0.1) is 11.6 Å². The zero-order valence-electron chi connectivity index (χ0n) is 15.9. The molecule has 0 aliphatic rings. The Morgan fingerprint density at radius 1 is 1.07 bits per heavy atom. The highest BCUT2D eigenvalue weighted by molar-refractivity contribution is 6.38. The van der Waals surface area contributed by atoms with Crippen molar-refractivity contribution in [3.63, 3.8) is 0 Å². The maximum Gasteiger partial charge on any atom is 0.287 e. The van der Waals surface area contributed by atoms with E-state index >= 15 is 0 Å². The molecule has 3 aromatic rings. The minimum Gasteiger partial charge on any atom is -0.363 e. The van der Waals surface area contributed by atoms with Gasteiger partial charge in [-0.1, -0.05) is 36.4 Å². The van der Waals surface area contributed by atoms with Gasteiger partial charge in [-0.2, -0.15) is 5.10 Å². The van der Waals surface area contributed by atoms with Crippen LogP contribution in [0.25, 0.3) is 11.3 Å². The van der Waals surface area contributed by atoms with Crippen molar-refractivity contribution in [2.45, 2.75) is 12.5 Å². The van der Waals surface area contributed by atoms with Gasteiger partial charge in [0.2, 0.25) is 5.78 Å². The molecule has 3 rings (SSSR count). The molecule has 0 saturated carbocycles. The molecule has 7 nitrogen and oxygen atoms in total. The molecule has 3 N–H and O–H groups in total. The van der Waals surface area contributed by atoms with Crippen LogP contribution in [0.15, 0.2) is 54.7 Å². The lowest BCUT2D eigenvalue weighted by atomic mass is 10.0. The van der Waals surface area contributed by atoms with Crippen molar-refractivity contribution in [1.29, 1.82) is 0 Å². The van der Waals surface area contributed by atoms with E-state index in [1.165, 1.54) is 24.0 Å². The molecule has 0 radical (unpaired) electrons.